The van der Waals surface area contributed by atoms with Crippen molar-refractivity contribution in [3.8, 4) is 0 Å². The maximum Gasteiger partial charge on any atom is 0.320 e. The first-order valence-electron chi connectivity index (χ1n) is 8.04. The summed E-state index contributed by atoms with van der Waals surface area (Å²) in [6.07, 6.45) is 1.05. The molecule has 3 rings (SSSR count). The van der Waals surface area contributed by atoms with Gasteiger partial charge >= 0.3 is 5.69 Å². The number of aromatic nitrogens is 4. The van der Waals surface area contributed by atoms with Gasteiger partial charge in [0, 0.05) is 12.1 Å². The molecule has 1 aromatic carbocycles. The molecule has 1 N–H and O–H groups in total. The average Bonchev–Trinajstić information content (AvgIpc) is 3.12. The topological polar surface area (TPSA) is 108 Å². The lowest BCUT2D eigenvalue weighted by Crippen LogP contribution is -2.18. The summed E-state index contributed by atoms with van der Waals surface area (Å²) in [6.45, 7) is 4.09. The Morgan fingerprint density at radius 3 is 2.59 bits per heavy atom. The zero-order valence-electron chi connectivity index (χ0n) is 14.9. The number of carbonyl (C=O) groups is 1. The molecule has 0 bridgehead atoms. The van der Waals surface area contributed by atoms with E-state index in [0.717, 1.165) is 17.5 Å². The van der Waals surface area contributed by atoms with Crippen molar-refractivity contribution < 1.29 is 9.72 Å². The summed E-state index contributed by atoms with van der Waals surface area (Å²) in [4.78, 5) is 23.1. The smallest absolute Gasteiger partial charge is 0.317 e. The number of halogens is 1. The van der Waals surface area contributed by atoms with Crippen LogP contribution < -0.4 is 5.32 Å². The Morgan fingerprint density at radius 1 is 1.30 bits per heavy atom. The highest BCUT2D eigenvalue weighted by Gasteiger charge is 2.27. The fraction of sp³-hybridized carbons (Fsp3) is 0.235. The lowest BCUT2D eigenvalue weighted by atomic mass is 10.2. The van der Waals surface area contributed by atoms with Crippen LogP contribution in [-0.4, -0.2) is 30.4 Å². The second-order valence-electron chi connectivity index (χ2n) is 6.04. The number of anilines is 1. The molecule has 0 saturated heterocycles. The number of carbonyl (C=O) groups excluding carboxylic acids is 1. The maximum atomic E-state index is 12.6. The maximum absolute atomic E-state index is 12.6. The first-order chi connectivity index (χ1) is 12.8. The molecule has 0 aliphatic carbocycles. The summed E-state index contributed by atoms with van der Waals surface area (Å²) < 4.78 is 2.93. The molecule has 0 spiro atoms. The molecule has 0 saturated carbocycles. The van der Waals surface area contributed by atoms with Gasteiger partial charge in [-0.3, -0.25) is 24.3 Å². The summed E-state index contributed by atoms with van der Waals surface area (Å²) in [7, 11) is 1.48. The van der Waals surface area contributed by atoms with E-state index in [4.69, 9.17) is 11.6 Å². The fourth-order valence-electron chi connectivity index (χ4n) is 2.79. The van der Waals surface area contributed by atoms with E-state index in [1.165, 1.54) is 11.7 Å². The summed E-state index contributed by atoms with van der Waals surface area (Å²) in [5.74, 6) is -0.612. The number of rotatable bonds is 5. The number of aryl methyl sites for hydroxylation is 2. The van der Waals surface area contributed by atoms with Gasteiger partial charge in [0.15, 0.2) is 0 Å². The zero-order chi connectivity index (χ0) is 19.7. The van der Waals surface area contributed by atoms with E-state index in [0.29, 0.717) is 22.9 Å². The minimum atomic E-state index is -0.633. The Bertz CT molecular complexity index is 1020. The quantitative estimate of drug-likeness (QED) is 0.533. The highest BCUT2D eigenvalue weighted by atomic mass is 35.5. The molecule has 9 nitrogen and oxygen atoms in total. The van der Waals surface area contributed by atoms with Gasteiger partial charge < -0.3 is 5.32 Å². The molecule has 0 fully saturated rings. The van der Waals surface area contributed by atoms with E-state index in [1.807, 2.05) is 19.1 Å². The van der Waals surface area contributed by atoms with E-state index in [2.05, 4.69) is 15.5 Å². The van der Waals surface area contributed by atoms with Crippen molar-refractivity contribution in [2.75, 3.05) is 5.32 Å². The minimum Gasteiger partial charge on any atom is -0.317 e. The van der Waals surface area contributed by atoms with E-state index < -0.39 is 10.8 Å². The van der Waals surface area contributed by atoms with Crippen LogP contribution in [0.4, 0.5) is 11.4 Å². The summed E-state index contributed by atoms with van der Waals surface area (Å²) in [5, 5.41) is 22.7. The molecule has 1 amide bonds. The molecule has 27 heavy (non-hydrogen) atoms. The normalized spacial score (nSPS) is 10.8. The second-order valence-corrected chi connectivity index (χ2v) is 6.48. The van der Waals surface area contributed by atoms with E-state index >= 15 is 0 Å². The number of hydrogen-bond donors (Lipinski definition) is 1. The predicted octanol–water partition coefficient (Wildman–Crippen LogP) is 3.10. The monoisotopic (exact) mass is 388 g/mol. The number of nitro groups is 1. The lowest BCUT2D eigenvalue weighted by Gasteiger charge is -2.07. The van der Waals surface area contributed by atoms with E-state index in [-0.39, 0.29) is 11.4 Å². The molecule has 140 valence electrons. The zero-order valence-corrected chi connectivity index (χ0v) is 15.7. The molecule has 0 aliphatic heterocycles. The predicted molar refractivity (Wildman–Crippen MR) is 100 cm³/mol. The van der Waals surface area contributed by atoms with E-state index in [1.54, 1.807) is 23.7 Å². The molecule has 0 atom stereocenters. The third-order valence-electron chi connectivity index (χ3n) is 4.20. The molecule has 10 heteroatoms. The van der Waals surface area contributed by atoms with Crippen LogP contribution in [-0.2, 0) is 13.6 Å². The number of benzene rings is 1. The van der Waals surface area contributed by atoms with Crippen LogP contribution in [0.3, 0.4) is 0 Å². The standard InChI is InChI=1S/C17H17ClN6O3/c1-10-15(20-17(25)16-14(24(26)27)8-19-22(16)3)11(2)23(21-10)9-12-4-6-13(18)7-5-12/h4-8H,9H2,1-3H3,(H,20,25). The highest BCUT2D eigenvalue weighted by Crippen LogP contribution is 2.24. The Hall–Kier alpha value is -3.20. The van der Waals surface area contributed by atoms with Crippen LogP contribution in [0.1, 0.15) is 27.4 Å². The molecule has 0 radical (unpaired) electrons. The largest absolute Gasteiger partial charge is 0.320 e. The molecule has 0 aliphatic rings. The first-order valence-corrected chi connectivity index (χ1v) is 8.42. The number of hydrogen-bond acceptors (Lipinski definition) is 5. The molecule has 3 aromatic rings. The third kappa shape index (κ3) is 3.68. The van der Waals surface area contributed by atoms with Gasteiger partial charge in [-0.05, 0) is 31.5 Å². The average molecular weight is 389 g/mol. The van der Waals surface area contributed by atoms with Gasteiger partial charge in [-0.1, -0.05) is 23.7 Å². The molecule has 0 unspecified atom stereocenters. The van der Waals surface area contributed by atoms with Crippen molar-refractivity contribution in [2.45, 2.75) is 20.4 Å². The fourth-order valence-corrected chi connectivity index (χ4v) is 2.92. The van der Waals surface area contributed by atoms with Gasteiger partial charge in [-0.2, -0.15) is 10.2 Å². The Morgan fingerprint density at radius 2 is 1.96 bits per heavy atom. The first kappa shape index (κ1) is 18.6. The Balaban J connectivity index is 1.87. The van der Waals surface area contributed by atoms with Gasteiger partial charge in [-0.25, -0.2) is 0 Å². The van der Waals surface area contributed by atoms with Crippen LogP contribution in [0, 0.1) is 24.0 Å². The van der Waals surface area contributed by atoms with Gasteiger partial charge in [-0.15, -0.1) is 0 Å². The van der Waals surface area contributed by atoms with Crippen LogP contribution in [0.25, 0.3) is 0 Å². The second kappa shape index (κ2) is 7.20. The van der Waals surface area contributed by atoms with Crippen LogP contribution in [0.5, 0.6) is 0 Å². The SMILES string of the molecule is Cc1nn(Cc2ccc(Cl)cc2)c(C)c1NC(=O)c1c([N+](=O)[O-])cnn1C. The number of nitrogens with zero attached hydrogens (tertiary/aromatic N) is 5. The number of nitrogens with one attached hydrogen (secondary N) is 1. The lowest BCUT2D eigenvalue weighted by molar-refractivity contribution is -0.385. The summed E-state index contributed by atoms with van der Waals surface area (Å²) in [5.41, 5.74) is 2.40. The van der Waals surface area contributed by atoms with Gasteiger partial charge in [0.1, 0.15) is 6.20 Å². The van der Waals surface area contributed by atoms with Crippen LogP contribution in [0.15, 0.2) is 30.5 Å². The summed E-state index contributed by atoms with van der Waals surface area (Å²) in [6, 6.07) is 7.39. The molecular weight excluding hydrogens is 372 g/mol. The van der Waals surface area contributed by atoms with Crippen molar-refractivity contribution in [1.29, 1.82) is 0 Å². The Kier molecular flexibility index (Phi) is 4.95. The van der Waals surface area contributed by atoms with Gasteiger partial charge in [0.25, 0.3) is 5.91 Å². The van der Waals surface area contributed by atoms with Crippen molar-refractivity contribution in [3.05, 3.63) is 68.2 Å². The van der Waals surface area contributed by atoms with Crippen LogP contribution >= 0.6 is 11.6 Å². The summed E-state index contributed by atoms with van der Waals surface area (Å²) >= 11 is 5.90. The number of amides is 1. The molecular formula is C17H17ClN6O3. The molecule has 2 aromatic heterocycles. The molecule has 2 heterocycles. The van der Waals surface area contributed by atoms with Crippen molar-refractivity contribution in [1.82, 2.24) is 19.6 Å². The van der Waals surface area contributed by atoms with Crippen molar-refractivity contribution >= 4 is 28.9 Å². The Labute approximate surface area is 159 Å². The van der Waals surface area contributed by atoms with Gasteiger partial charge in [0.05, 0.1) is 28.5 Å². The van der Waals surface area contributed by atoms with Crippen LogP contribution in [0.2, 0.25) is 5.02 Å². The highest BCUT2D eigenvalue weighted by molar-refractivity contribution is 6.30. The van der Waals surface area contributed by atoms with Gasteiger partial charge in [0.2, 0.25) is 5.69 Å². The van der Waals surface area contributed by atoms with Crippen molar-refractivity contribution in [2.24, 2.45) is 7.05 Å². The van der Waals surface area contributed by atoms with Crippen molar-refractivity contribution in [3.63, 3.8) is 0 Å². The minimum absolute atomic E-state index is 0.121. The van der Waals surface area contributed by atoms with E-state index in [9.17, 15) is 14.9 Å². The third-order valence-corrected chi connectivity index (χ3v) is 4.45.